The van der Waals surface area contributed by atoms with Gasteiger partial charge in [-0.1, -0.05) is 0 Å². The molecule has 0 radical (unpaired) electrons. The van der Waals surface area contributed by atoms with E-state index < -0.39 is 33.8 Å². The number of methoxy groups -OCH3 is 1. The maximum absolute atomic E-state index is 12.5. The van der Waals surface area contributed by atoms with E-state index in [2.05, 4.69) is 10.0 Å². The Bertz CT molecular complexity index is 980. The van der Waals surface area contributed by atoms with Crippen molar-refractivity contribution in [3.05, 3.63) is 59.7 Å². The maximum atomic E-state index is 12.5. The molecule has 0 heterocycles. The van der Waals surface area contributed by atoms with Gasteiger partial charge in [-0.25, -0.2) is 13.1 Å². The lowest BCUT2D eigenvalue weighted by molar-refractivity contribution is -0.137. The highest BCUT2D eigenvalue weighted by molar-refractivity contribution is 7.89. The first-order valence-corrected chi connectivity index (χ1v) is 10.9. The first kappa shape index (κ1) is 25.6. The van der Waals surface area contributed by atoms with Gasteiger partial charge in [0.2, 0.25) is 10.0 Å². The lowest BCUT2D eigenvalue weighted by Gasteiger charge is -2.14. The third-order valence-electron chi connectivity index (χ3n) is 4.15. The van der Waals surface area contributed by atoms with Crippen LogP contribution in [-0.4, -0.2) is 58.9 Å². The second-order valence-corrected chi connectivity index (χ2v) is 8.38. The fraction of sp³-hybridized carbons (Fsp3) is 0.350. The van der Waals surface area contributed by atoms with E-state index in [1.54, 1.807) is 0 Å². The number of rotatable bonds is 11. The smallest absolute Gasteiger partial charge is 0.416 e. The van der Waals surface area contributed by atoms with Gasteiger partial charge in [-0.05, 0) is 48.5 Å². The lowest BCUT2D eigenvalue weighted by atomic mass is 10.2. The van der Waals surface area contributed by atoms with Gasteiger partial charge in [0, 0.05) is 25.8 Å². The Labute approximate surface area is 183 Å². The van der Waals surface area contributed by atoms with Crippen molar-refractivity contribution in [2.75, 3.05) is 33.4 Å². The van der Waals surface area contributed by atoms with Crippen LogP contribution < -0.4 is 14.8 Å². The first-order chi connectivity index (χ1) is 15.0. The Balaban J connectivity index is 1.81. The van der Waals surface area contributed by atoms with E-state index in [-0.39, 0.29) is 42.5 Å². The zero-order chi connectivity index (χ0) is 23.8. The summed E-state index contributed by atoms with van der Waals surface area (Å²) in [5.41, 5.74) is -0.640. The Kier molecular flexibility index (Phi) is 9.01. The molecule has 12 heteroatoms. The molecular formula is C20H23F3N2O6S. The van der Waals surface area contributed by atoms with Gasteiger partial charge in [-0.2, -0.15) is 13.2 Å². The minimum Gasteiger partial charge on any atom is -0.491 e. The summed E-state index contributed by atoms with van der Waals surface area (Å²) in [6.45, 7) is -0.119. The van der Waals surface area contributed by atoms with Crippen molar-refractivity contribution in [2.45, 2.75) is 17.2 Å². The number of hydrogen-bond acceptors (Lipinski definition) is 6. The molecule has 1 unspecified atom stereocenters. The predicted molar refractivity (Wildman–Crippen MR) is 109 cm³/mol. The molecule has 1 amide bonds. The highest BCUT2D eigenvalue weighted by Gasteiger charge is 2.30. The SMILES string of the molecule is COCCNS(=O)(=O)c1ccc(C(=O)NCC(O)COc2ccc(C(F)(F)F)cc2)cc1. The molecule has 0 spiro atoms. The van der Waals surface area contributed by atoms with Crippen LogP contribution in [0.3, 0.4) is 0 Å². The molecule has 0 saturated carbocycles. The fourth-order valence-electron chi connectivity index (χ4n) is 2.45. The summed E-state index contributed by atoms with van der Waals surface area (Å²) < 4.78 is 74.1. The van der Waals surface area contributed by atoms with Crippen molar-refractivity contribution in [2.24, 2.45) is 0 Å². The van der Waals surface area contributed by atoms with Gasteiger partial charge in [0.15, 0.2) is 0 Å². The van der Waals surface area contributed by atoms with Gasteiger partial charge >= 0.3 is 6.18 Å². The first-order valence-electron chi connectivity index (χ1n) is 9.38. The number of nitrogens with one attached hydrogen (secondary N) is 2. The number of amides is 1. The Hall–Kier alpha value is -2.67. The Morgan fingerprint density at radius 2 is 1.72 bits per heavy atom. The van der Waals surface area contributed by atoms with Crippen LogP contribution in [0.4, 0.5) is 13.2 Å². The van der Waals surface area contributed by atoms with Crippen LogP contribution in [0.25, 0.3) is 0 Å². The molecule has 8 nitrogen and oxygen atoms in total. The number of benzene rings is 2. The van der Waals surface area contributed by atoms with Crippen LogP contribution in [0, 0.1) is 0 Å². The quantitative estimate of drug-likeness (QED) is 0.426. The number of aliphatic hydroxyl groups is 1. The summed E-state index contributed by atoms with van der Waals surface area (Å²) >= 11 is 0. The number of alkyl halides is 3. The number of halogens is 3. The number of carbonyl (C=O) groups is 1. The molecule has 176 valence electrons. The average Bonchev–Trinajstić information content (AvgIpc) is 2.76. The number of hydrogen-bond donors (Lipinski definition) is 3. The Morgan fingerprint density at radius 3 is 2.28 bits per heavy atom. The van der Waals surface area contributed by atoms with Crippen molar-refractivity contribution >= 4 is 15.9 Å². The van der Waals surface area contributed by atoms with E-state index in [4.69, 9.17) is 9.47 Å². The van der Waals surface area contributed by atoms with E-state index >= 15 is 0 Å². The predicted octanol–water partition coefficient (Wildman–Crippen LogP) is 1.80. The molecule has 2 aromatic carbocycles. The van der Waals surface area contributed by atoms with Crippen LogP contribution in [0.15, 0.2) is 53.4 Å². The largest absolute Gasteiger partial charge is 0.491 e. The molecule has 0 bridgehead atoms. The summed E-state index contributed by atoms with van der Waals surface area (Å²) in [6, 6.07) is 9.18. The monoisotopic (exact) mass is 476 g/mol. The molecule has 0 aliphatic carbocycles. The van der Waals surface area contributed by atoms with Gasteiger partial charge < -0.3 is 19.9 Å². The van der Waals surface area contributed by atoms with Crippen LogP contribution in [-0.2, 0) is 20.9 Å². The topological polar surface area (TPSA) is 114 Å². The van der Waals surface area contributed by atoms with Crippen LogP contribution >= 0.6 is 0 Å². The molecule has 2 rings (SSSR count). The summed E-state index contributed by atoms with van der Waals surface area (Å²) in [5.74, 6) is -0.408. The molecular weight excluding hydrogens is 453 g/mol. The molecule has 0 aliphatic rings. The van der Waals surface area contributed by atoms with Crippen molar-refractivity contribution in [1.82, 2.24) is 10.0 Å². The van der Waals surface area contributed by atoms with Crippen molar-refractivity contribution < 1.29 is 41.0 Å². The van der Waals surface area contributed by atoms with Crippen molar-refractivity contribution in [3.8, 4) is 5.75 Å². The van der Waals surface area contributed by atoms with Crippen LogP contribution in [0.1, 0.15) is 15.9 Å². The third kappa shape index (κ3) is 7.79. The normalized spacial score (nSPS) is 12.9. The standard InChI is InChI=1S/C20H23F3N2O6S/c1-30-11-10-25-32(28,29)18-8-2-14(3-9-18)19(27)24-12-16(26)13-31-17-6-4-15(5-7-17)20(21,22)23/h2-9,16,25-26H,10-13H2,1H3,(H,24,27). The van der Waals surface area contributed by atoms with Crippen LogP contribution in [0.5, 0.6) is 5.75 Å². The molecule has 0 aliphatic heterocycles. The zero-order valence-corrected chi connectivity index (χ0v) is 17.9. The second-order valence-electron chi connectivity index (χ2n) is 6.61. The van der Waals surface area contributed by atoms with Crippen molar-refractivity contribution in [3.63, 3.8) is 0 Å². The van der Waals surface area contributed by atoms with Gasteiger partial charge in [-0.15, -0.1) is 0 Å². The van der Waals surface area contributed by atoms with Gasteiger partial charge in [0.25, 0.3) is 5.91 Å². The molecule has 0 fully saturated rings. The third-order valence-corrected chi connectivity index (χ3v) is 5.62. The molecule has 0 aromatic heterocycles. The van der Waals surface area contributed by atoms with E-state index in [9.17, 15) is 31.5 Å². The van der Waals surface area contributed by atoms with Gasteiger partial charge in [-0.3, -0.25) is 4.79 Å². The zero-order valence-electron chi connectivity index (χ0n) is 17.1. The summed E-state index contributed by atoms with van der Waals surface area (Å²) in [7, 11) is -2.28. The Morgan fingerprint density at radius 1 is 1.09 bits per heavy atom. The van der Waals surface area contributed by atoms with E-state index in [1.807, 2.05) is 0 Å². The van der Waals surface area contributed by atoms with Gasteiger partial charge in [0.05, 0.1) is 17.1 Å². The highest BCUT2D eigenvalue weighted by atomic mass is 32.2. The summed E-state index contributed by atoms with van der Waals surface area (Å²) in [5, 5.41) is 12.4. The van der Waals surface area contributed by atoms with Gasteiger partial charge in [0.1, 0.15) is 18.5 Å². The van der Waals surface area contributed by atoms with Crippen LogP contribution in [0.2, 0.25) is 0 Å². The maximum Gasteiger partial charge on any atom is 0.416 e. The lowest BCUT2D eigenvalue weighted by Crippen LogP contribution is -2.35. The number of ether oxygens (including phenoxy) is 2. The second kappa shape index (κ2) is 11.3. The summed E-state index contributed by atoms with van der Waals surface area (Å²) in [6.07, 6.45) is -5.57. The molecule has 3 N–H and O–H groups in total. The van der Waals surface area contributed by atoms with Crippen molar-refractivity contribution in [1.29, 1.82) is 0 Å². The molecule has 0 saturated heterocycles. The van der Waals surface area contributed by atoms with E-state index in [1.165, 1.54) is 31.4 Å². The van der Waals surface area contributed by atoms with E-state index in [0.29, 0.717) is 0 Å². The molecule has 1 atom stereocenters. The average molecular weight is 476 g/mol. The number of carbonyl (C=O) groups excluding carboxylic acids is 1. The highest BCUT2D eigenvalue weighted by Crippen LogP contribution is 2.30. The molecule has 2 aromatic rings. The summed E-state index contributed by atoms with van der Waals surface area (Å²) in [4.78, 5) is 12.2. The van der Waals surface area contributed by atoms with E-state index in [0.717, 1.165) is 24.3 Å². The minimum absolute atomic E-state index is 0.0184. The number of aliphatic hydroxyl groups excluding tert-OH is 1. The minimum atomic E-state index is -4.45. The fourth-order valence-corrected chi connectivity index (χ4v) is 3.46. The molecule has 32 heavy (non-hydrogen) atoms. The number of sulfonamides is 1.